The molecule has 0 saturated heterocycles. The summed E-state index contributed by atoms with van der Waals surface area (Å²) in [6, 6.07) is 19.4. The highest BCUT2D eigenvalue weighted by Gasteiger charge is 2.32. The predicted molar refractivity (Wildman–Crippen MR) is 184 cm³/mol. The van der Waals surface area contributed by atoms with E-state index in [9.17, 15) is 14.9 Å². The molecule has 3 aromatic carbocycles. The number of benzene rings is 3. The van der Waals surface area contributed by atoms with Crippen molar-refractivity contribution in [2.45, 2.75) is 33.4 Å². The van der Waals surface area contributed by atoms with Crippen molar-refractivity contribution in [3.8, 4) is 23.3 Å². The highest BCUT2D eigenvalue weighted by molar-refractivity contribution is 14.1. The summed E-state index contributed by atoms with van der Waals surface area (Å²) in [4.78, 5) is 25.4. The number of nitriles is 1. The Hall–Kier alpha value is -4.68. The minimum absolute atomic E-state index is 0.201. The third kappa shape index (κ3) is 8.73. The number of carbonyl (C=O) groups excluding carboxylic acids is 2. The number of nitrogens with one attached hydrogen (secondary N) is 3. The lowest BCUT2D eigenvalue weighted by Gasteiger charge is -2.30. The van der Waals surface area contributed by atoms with Crippen LogP contribution in [-0.2, 0) is 20.9 Å². The monoisotopic (exact) mass is 753 g/mol. The Kier molecular flexibility index (Phi) is 12.3. The maximum Gasteiger partial charge on any atom is 0.338 e. The number of hydrogen-bond acceptors (Lipinski definition) is 9. The SMILES string of the molecule is CCOC(=O)C1=C(C)NC(=S)N[C@@H]1c1ccccc1OCC(=O)NN=Cc1cc(I)c(OCc2ccccc2C#N)c(OCC)c1. The van der Waals surface area contributed by atoms with Crippen molar-refractivity contribution < 1.29 is 28.5 Å². The molecule has 1 aliphatic heterocycles. The maximum atomic E-state index is 12.8. The van der Waals surface area contributed by atoms with Gasteiger partial charge in [0.1, 0.15) is 12.4 Å². The van der Waals surface area contributed by atoms with Crippen LogP contribution < -0.4 is 30.3 Å². The molecular formula is C33H32IN5O6S. The second-order valence-electron chi connectivity index (χ2n) is 9.73. The van der Waals surface area contributed by atoms with E-state index in [-0.39, 0.29) is 19.8 Å². The van der Waals surface area contributed by atoms with E-state index in [4.69, 9.17) is 31.2 Å². The molecule has 1 amide bonds. The zero-order valence-corrected chi connectivity index (χ0v) is 28.4. The van der Waals surface area contributed by atoms with E-state index in [1.807, 2.05) is 25.1 Å². The Labute approximate surface area is 286 Å². The first-order valence-electron chi connectivity index (χ1n) is 14.3. The van der Waals surface area contributed by atoms with Gasteiger partial charge in [-0.15, -0.1) is 0 Å². The average Bonchev–Trinajstić information content (AvgIpc) is 3.03. The fraction of sp³-hybridized carbons (Fsp3) is 0.242. The van der Waals surface area contributed by atoms with Crippen LogP contribution in [-0.4, -0.2) is 43.0 Å². The third-order valence-corrected chi connectivity index (χ3v) is 7.62. The van der Waals surface area contributed by atoms with Crippen LogP contribution in [0.5, 0.6) is 17.2 Å². The number of hydrogen-bond donors (Lipinski definition) is 3. The highest BCUT2D eigenvalue weighted by Crippen LogP contribution is 2.35. The van der Waals surface area contributed by atoms with Crippen molar-refractivity contribution in [1.29, 1.82) is 5.26 Å². The first-order chi connectivity index (χ1) is 22.2. The molecule has 3 aromatic rings. The molecule has 0 fully saturated rings. The molecule has 4 rings (SSSR count). The molecule has 0 saturated carbocycles. The van der Waals surface area contributed by atoms with Crippen LogP contribution in [0.4, 0.5) is 0 Å². The van der Waals surface area contributed by atoms with Gasteiger partial charge in [0.15, 0.2) is 23.2 Å². The third-order valence-electron chi connectivity index (χ3n) is 6.60. The summed E-state index contributed by atoms with van der Waals surface area (Å²) in [6.45, 7) is 5.84. The van der Waals surface area contributed by atoms with E-state index in [1.165, 1.54) is 6.21 Å². The Bertz CT molecular complexity index is 1720. The van der Waals surface area contributed by atoms with Crippen LogP contribution >= 0.6 is 34.8 Å². The highest BCUT2D eigenvalue weighted by atomic mass is 127. The number of esters is 1. The van der Waals surface area contributed by atoms with Gasteiger partial charge in [-0.05, 0) is 85.4 Å². The molecule has 0 spiro atoms. The Balaban J connectivity index is 1.42. The van der Waals surface area contributed by atoms with Crippen LogP contribution in [0, 0.1) is 14.9 Å². The summed E-state index contributed by atoms with van der Waals surface area (Å²) < 4.78 is 23.8. The second kappa shape index (κ2) is 16.6. The fourth-order valence-corrected chi connectivity index (χ4v) is 5.63. The summed E-state index contributed by atoms with van der Waals surface area (Å²) in [5, 5.41) is 19.9. The first-order valence-corrected chi connectivity index (χ1v) is 15.8. The average molecular weight is 754 g/mol. The molecular weight excluding hydrogens is 721 g/mol. The van der Waals surface area contributed by atoms with Crippen molar-refractivity contribution in [2.24, 2.45) is 5.10 Å². The van der Waals surface area contributed by atoms with Crippen LogP contribution in [0.25, 0.3) is 0 Å². The van der Waals surface area contributed by atoms with Crippen molar-refractivity contribution >= 4 is 58.0 Å². The largest absolute Gasteiger partial charge is 0.490 e. The number of para-hydroxylation sites is 1. The molecule has 0 radical (unpaired) electrons. The lowest BCUT2D eigenvalue weighted by atomic mass is 9.95. The summed E-state index contributed by atoms with van der Waals surface area (Å²) in [7, 11) is 0. The van der Waals surface area contributed by atoms with Crippen molar-refractivity contribution in [3.63, 3.8) is 0 Å². The van der Waals surface area contributed by atoms with E-state index in [0.29, 0.717) is 56.9 Å². The van der Waals surface area contributed by atoms with Gasteiger partial charge in [0.25, 0.3) is 5.91 Å². The molecule has 1 aliphatic rings. The Morgan fingerprint density at radius 3 is 2.59 bits per heavy atom. The molecule has 0 unspecified atom stereocenters. The summed E-state index contributed by atoms with van der Waals surface area (Å²) in [6.07, 6.45) is 1.49. The summed E-state index contributed by atoms with van der Waals surface area (Å²) in [5.74, 6) is 0.466. The summed E-state index contributed by atoms with van der Waals surface area (Å²) in [5.41, 5.74) is 6.00. The van der Waals surface area contributed by atoms with Crippen LogP contribution in [0.1, 0.15) is 49.1 Å². The van der Waals surface area contributed by atoms with Crippen LogP contribution in [0.3, 0.4) is 0 Å². The van der Waals surface area contributed by atoms with E-state index < -0.39 is 17.9 Å². The van der Waals surface area contributed by atoms with Gasteiger partial charge in [0.2, 0.25) is 0 Å². The minimum Gasteiger partial charge on any atom is -0.490 e. The first kappa shape index (κ1) is 34.2. The zero-order chi connectivity index (χ0) is 33.1. The quantitative estimate of drug-likeness (QED) is 0.0716. The Morgan fingerprint density at radius 2 is 1.83 bits per heavy atom. The van der Waals surface area contributed by atoms with Crippen molar-refractivity contribution in [2.75, 3.05) is 19.8 Å². The minimum atomic E-state index is -0.639. The number of thiocarbonyl (C=S) groups is 1. The smallest absolute Gasteiger partial charge is 0.338 e. The van der Waals surface area contributed by atoms with Crippen molar-refractivity contribution in [1.82, 2.24) is 16.1 Å². The van der Waals surface area contributed by atoms with E-state index in [2.05, 4.69) is 49.8 Å². The number of amides is 1. The number of halogens is 1. The van der Waals surface area contributed by atoms with E-state index in [0.717, 1.165) is 9.13 Å². The molecule has 11 nitrogen and oxygen atoms in total. The molecule has 1 atom stereocenters. The number of rotatable bonds is 13. The Morgan fingerprint density at radius 1 is 1.07 bits per heavy atom. The van der Waals surface area contributed by atoms with E-state index >= 15 is 0 Å². The molecule has 238 valence electrons. The van der Waals surface area contributed by atoms with Gasteiger partial charge in [0.05, 0.1) is 46.2 Å². The number of carbonyl (C=O) groups is 2. The molecule has 0 aliphatic carbocycles. The molecule has 46 heavy (non-hydrogen) atoms. The number of nitrogens with zero attached hydrogens (tertiary/aromatic N) is 2. The normalized spacial score (nSPS) is 14.2. The number of hydrazone groups is 1. The van der Waals surface area contributed by atoms with Crippen molar-refractivity contribution in [3.05, 3.63) is 97.8 Å². The van der Waals surface area contributed by atoms with Gasteiger partial charge in [0, 0.05) is 16.8 Å². The van der Waals surface area contributed by atoms with Gasteiger partial charge in [-0.3, -0.25) is 4.79 Å². The molecule has 3 N–H and O–H groups in total. The summed E-state index contributed by atoms with van der Waals surface area (Å²) >= 11 is 7.47. The topological polar surface area (TPSA) is 143 Å². The van der Waals surface area contributed by atoms with Gasteiger partial charge in [-0.25, -0.2) is 10.2 Å². The zero-order valence-electron chi connectivity index (χ0n) is 25.4. The van der Waals surface area contributed by atoms with Gasteiger partial charge in [-0.2, -0.15) is 10.4 Å². The number of allylic oxidation sites excluding steroid dienone is 1. The lowest BCUT2D eigenvalue weighted by molar-refractivity contribution is -0.139. The van der Waals surface area contributed by atoms with Crippen LogP contribution in [0.2, 0.25) is 0 Å². The lowest BCUT2D eigenvalue weighted by Crippen LogP contribution is -2.45. The molecule has 13 heteroatoms. The van der Waals surface area contributed by atoms with Gasteiger partial charge in [-0.1, -0.05) is 36.4 Å². The van der Waals surface area contributed by atoms with Gasteiger partial charge < -0.3 is 29.6 Å². The molecule has 0 bridgehead atoms. The molecule has 1 heterocycles. The second-order valence-corrected chi connectivity index (χ2v) is 11.3. The fourth-order valence-electron chi connectivity index (χ4n) is 4.58. The predicted octanol–water partition coefficient (Wildman–Crippen LogP) is 5.03. The number of ether oxygens (including phenoxy) is 4. The van der Waals surface area contributed by atoms with Gasteiger partial charge >= 0.3 is 5.97 Å². The van der Waals surface area contributed by atoms with Crippen LogP contribution in [0.15, 0.2) is 77.0 Å². The standard InChI is InChI=1S/C33H32IN5O6S/c1-4-42-27-15-21(14-25(34)31(27)45-18-23-11-7-6-10-22(23)16-35)17-36-39-28(40)19-44-26-13-9-8-12-24(26)30-29(32(41)43-5-2)20(3)37-33(46)38-30/h6-15,17,30H,4-5,18-19H2,1-3H3,(H,39,40)(H2,37,38,46)/t30-/m1/s1. The molecule has 0 aromatic heterocycles. The maximum absolute atomic E-state index is 12.8. The van der Waals surface area contributed by atoms with E-state index in [1.54, 1.807) is 56.3 Å².